The van der Waals surface area contributed by atoms with Crippen molar-refractivity contribution in [1.29, 1.82) is 0 Å². The van der Waals surface area contributed by atoms with Gasteiger partial charge in [-0.2, -0.15) is 0 Å². The number of ether oxygens (including phenoxy) is 1. The zero-order chi connectivity index (χ0) is 23.7. The summed E-state index contributed by atoms with van der Waals surface area (Å²) < 4.78 is 83.3. The summed E-state index contributed by atoms with van der Waals surface area (Å²) in [6.45, 7) is -8.04. The van der Waals surface area contributed by atoms with Gasteiger partial charge in [-0.25, -0.2) is 0 Å². The fourth-order valence-electron chi connectivity index (χ4n) is 5.17. The summed E-state index contributed by atoms with van der Waals surface area (Å²) in [4.78, 5) is 1.66. The van der Waals surface area contributed by atoms with Crippen molar-refractivity contribution in [3.8, 4) is 5.75 Å². The van der Waals surface area contributed by atoms with Crippen LogP contribution in [0.4, 0.5) is 0 Å². The molecule has 2 heteroatoms. The molecule has 1 aliphatic heterocycles. The molecule has 3 atom stereocenters. The maximum Gasteiger partial charge on any atom is 0.119 e. The summed E-state index contributed by atoms with van der Waals surface area (Å²) in [5.74, 6) is 0.223. The number of hydrogen-bond acceptors (Lipinski definition) is 2. The topological polar surface area (TPSA) is 12.5 Å². The second-order valence-corrected chi connectivity index (χ2v) is 6.97. The van der Waals surface area contributed by atoms with Gasteiger partial charge in [0.2, 0.25) is 0 Å². The van der Waals surface area contributed by atoms with E-state index in [4.69, 9.17) is 18.4 Å². The molecule has 0 spiro atoms. The van der Waals surface area contributed by atoms with E-state index in [1.165, 1.54) is 6.07 Å². The van der Waals surface area contributed by atoms with Crippen LogP contribution in [0.1, 0.15) is 70.6 Å². The monoisotopic (exact) mass is 309 g/mol. The molecule has 120 valence electrons. The molecule has 2 aliphatic carbocycles. The van der Waals surface area contributed by atoms with Crippen molar-refractivity contribution in [3.05, 3.63) is 29.3 Å². The number of likely N-dealkylation sites (tertiary alicyclic amines) is 1. The first-order valence-corrected chi connectivity index (χ1v) is 8.19. The van der Waals surface area contributed by atoms with E-state index in [1.807, 2.05) is 0 Å². The Morgan fingerprint density at radius 3 is 3.18 bits per heavy atom. The van der Waals surface area contributed by atoms with Gasteiger partial charge in [-0.05, 0) is 82.1 Å². The highest BCUT2D eigenvalue weighted by Crippen LogP contribution is 2.55. The van der Waals surface area contributed by atoms with Crippen molar-refractivity contribution in [2.24, 2.45) is 5.92 Å². The van der Waals surface area contributed by atoms with Crippen molar-refractivity contribution in [1.82, 2.24) is 4.90 Å². The molecule has 0 amide bonds. The van der Waals surface area contributed by atoms with Gasteiger partial charge in [0.05, 0.1) is 7.45 Å². The average Bonchev–Trinajstić information content (AvgIpc) is 2.65. The van der Waals surface area contributed by atoms with Crippen molar-refractivity contribution in [2.45, 2.75) is 69.8 Å². The van der Waals surface area contributed by atoms with Crippen LogP contribution in [0.5, 0.6) is 5.75 Å². The molecule has 0 unspecified atom stereocenters. The minimum absolute atomic E-state index is 0.0569. The molecule has 4 rings (SSSR count). The minimum Gasteiger partial charge on any atom is -0.491 e. The van der Waals surface area contributed by atoms with Crippen LogP contribution in [0.25, 0.3) is 0 Å². The maximum absolute atomic E-state index is 8.20. The van der Waals surface area contributed by atoms with Crippen LogP contribution in [-0.2, 0) is 11.8 Å². The van der Waals surface area contributed by atoms with Crippen molar-refractivity contribution in [3.63, 3.8) is 0 Å². The third-order valence-electron chi connectivity index (χ3n) is 6.03. The van der Waals surface area contributed by atoms with Crippen molar-refractivity contribution >= 4 is 0 Å². The predicted octanol–water partition coefficient (Wildman–Crippen LogP) is 4.16. The zero-order valence-electron chi connectivity index (χ0n) is 22.7. The van der Waals surface area contributed by atoms with Gasteiger partial charge < -0.3 is 9.64 Å². The first-order chi connectivity index (χ1) is 14.6. The molecular formula is C20H29NO. The first-order valence-electron chi connectivity index (χ1n) is 13.2. The van der Waals surface area contributed by atoms with E-state index in [2.05, 4.69) is 0 Å². The van der Waals surface area contributed by atoms with Gasteiger partial charge >= 0.3 is 0 Å². The Morgan fingerprint density at radius 1 is 1.36 bits per heavy atom. The standard InChI is InChI=1S/C20H29NO/c1-14(2)22-16-8-7-15-12-19-17-6-4-5-9-20(17,18(15)13-16)10-11-21(19)3/h7-8,13-14,17,19H,4-6,9-12H2,1-3H3/t17-,19+,20+/m1/s1/i1D3,2D3,3D3,14D. The van der Waals surface area contributed by atoms with E-state index in [0.29, 0.717) is 19.4 Å². The highest BCUT2D eigenvalue weighted by atomic mass is 16.5. The van der Waals surface area contributed by atoms with Gasteiger partial charge in [0.25, 0.3) is 0 Å². The van der Waals surface area contributed by atoms with E-state index in [1.54, 1.807) is 17.0 Å². The molecule has 1 aromatic rings. The third kappa shape index (κ3) is 2.11. The van der Waals surface area contributed by atoms with Gasteiger partial charge in [0.1, 0.15) is 5.75 Å². The van der Waals surface area contributed by atoms with Gasteiger partial charge in [0.15, 0.2) is 0 Å². The maximum atomic E-state index is 8.20. The van der Waals surface area contributed by atoms with Crippen LogP contribution in [0.3, 0.4) is 0 Å². The first kappa shape index (κ1) is 7.25. The van der Waals surface area contributed by atoms with Crippen LogP contribution in [0, 0.1) is 5.92 Å². The molecule has 2 nitrogen and oxygen atoms in total. The lowest BCUT2D eigenvalue weighted by Gasteiger charge is -2.58. The summed E-state index contributed by atoms with van der Waals surface area (Å²) in [5, 5.41) is 0. The number of benzene rings is 1. The number of likely N-dealkylation sites (N-methyl/N-ethyl adjacent to an activating group) is 1. The second kappa shape index (κ2) is 5.26. The quantitative estimate of drug-likeness (QED) is 0.813. The van der Waals surface area contributed by atoms with E-state index >= 15 is 0 Å². The van der Waals surface area contributed by atoms with E-state index in [-0.39, 0.29) is 23.1 Å². The molecule has 22 heavy (non-hydrogen) atoms. The fraction of sp³-hybridized carbons (Fsp3) is 0.700. The molecule has 3 aliphatic rings. The van der Waals surface area contributed by atoms with Crippen LogP contribution >= 0.6 is 0 Å². The number of nitrogens with zero attached hydrogens (tertiary/aromatic N) is 1. The highest BCUT2D eigenvalue weighted by molar-refractivity contribution is 5.45. The smallest absolute Gasteiger partial charge is 0.119 e. The lowest BCUT2D eigenvalue weighted by molar-refractivity contribution is 0.00266. The van der Waals surface area contributed by atoms with Crippen LogP contribution in [-0.4, -0.2) is 30.5 Å². The summed E-state index contributed by atoms with van der Waals surface area (Å²) in [5.41, 5.74) is 1.76. The molecule has 1 saturated heterocycles. The van der Waals surface area contributed by atoms with Crippen LogP contribution in [0.2, 0.25) is 0 Å². The fourth-order valence-corrected chi connectivity index (χ4v) is 5.17. The molecule has 0 radical (unpaired) electrons. The number of fused-ring (bicyclic) bond motifs is 1. The normalized spacial score (nSPS) is 43.1. The third-order valence-corrected chi connectivity index (χ3v) is 6.03. The van der Waals surface area contributed by atoms with Gasteiger partial charge in [0, 0.05) is 23.8 Å². The Morgan fingerprint density at radius 2 is 2.32 bits per heavy atom. The Labute approximate surface area is 148 Å². The van der Waals surface area contributed by atoms with Crippen LogP contribution in [0.15, 0.2) is 18.2 Å². The molecular weight excluding hydrogens is 270 g/mol. The summed E-state index contributed by atoms with van der Waals surface area (Å²) in [6.07, 6.45) is 2.06. The number of rotatable bonds is 2. The lowest BCUT2D eigenvalue weighted by Crippen LogP contribution is -2.59. The molecule has 1 aromatic carbocycles. The molecule has 2 fully saturated rings. The summed E-state index contributed by atoms with van der Waals surface area (Å²) in [7, 11) is 0. The average molecular weight is 310 g/mol. The Bertz CT molecular complexity index is 863. The molecule has 0 N–H and O–H groups in total. The van der Waals surface area contributed by atoms with E-state index in [0.717, 1.165) is 36.8 Å². The van der Waals surface area contributed by atoms with Gasteiger partial charge in [-0.3, -0.25) is 0 Å². The number of piperidine rings is 1. The zero-order valence-corrected chi connectivity index (χ0v) is 12.7. The van der Waals surface area contributed by atoms with Gasteiger partial charge in [-0.15, -0.1) is 0 Å². The molecule has 1 saturated carbocycles. The van der Waals surface area contributed by atoms with Gasteiger partial charge in [-0.1, -0.05) is 18.9 Å². The Kier molecular flexibility index (Phi) is 1.74. The molecule has 1 heterocycles. The van der Waals surface area contributed by atoms with Crippen molar-refractivity contribution in [2.75, 3.05) is 13.5 Å². The SMILES string of the molecule is [2H]C([2H])([2H])N1CC[C@@]23CCCC[C@@H]2[C@@H]1Cc1ccc(OC([2H])(C([2H])([2H])[2H])C([2H])([2H])[2H])cc13. The lowest BCUT2D eigenvalue weighted by atomic mass is 9.52. The largest absolute Gasteiger partial charge is 0.491 e. The summed E-state index contributed by atoms with van der Waals surface area (Å²) >= 11 is 0. The van der Waals surface area contributed by atoms with E-state index in [9.17, 15) is 0 Å². The predicted molar refractivity (Wildman–Crippen MR) is 90.6 cm³/mol. The Hall–Kier alpha value is -1.02. The summed E-state index contributed by atoms with van der Waals surface area (Å²) in [6, 6.07) is 4.92. The molecule has 0 aromatic heterocycles. The molecule has 2 bridgehead atoms. The van der Waals surface area contributed by atoms with Crippen molar-refractivity contribution < 1.29 is 18.4 Å². The number of hydrogen-bond donors (Lipinski definition) is 0. The van der Waals surface area contributed by atoms with E-state index < -0.39 is 26.8 Å². The Balaban J connectivity index is 1.77. The highest BCUT2D eigenvalue weighted by Gasteiger charge is 2.53. The van der Waals surface area contributed by atoms with Crippen LogP contribution < -0.4 is 4.74 Å². The second-order valence-electron chi connectivity index (χ2n) is 6.97. The minimum atomic E-state index is -3.17.